The molecule has 0 aliphatic heterocycles. The number of aromatic nitrogens is 2. The minimum absolute atomic E-state index is 0.103. The lowest BCUT2D eigenvalue weighted by molar-refractivity contribution is -0.383. The number of rotatable bonds is 5. The Morgan fingerprint density at radius 2 is 2.20 bits per heavy atom. The normalized spacial score (nSPS) is 10.9. The summed E-state index contributed by atoms with van der Waals surface area (Å²) < 4.78 is 5.11. The molecule has 106 valence electrons. The number of likely N-dealkylation sites (N-methyl/N-ethyl adjacent to an activating group) is 1. The van der Waals surface area contributed by atoms with Crippen molar-refractivity contribution in [2.75, 3.05) is 26.4 Å². The highest BCUT2D eigenvalue weighted by Gasteiger charge is 2.16. The van der Waals surface area contributed by atoms with E-state index < -0.39 is 4.92 Å². The molecule has 2 N–H and O–H groups in total. The van der Waals surface area contributed by atoms with E-state index in [0.29, 0.717) is 17.8 Å². The van der Waals surface area contributed by atoms with Crippen LogP contribution < -0.4 is 5.73 Å². The lowest BCUT2D eigenvalue weighted by atomic mass is 10.2. The van der Waals surface area contributed by atoms with Gasteiger partial charge in [-0.2, -0.15) is 4.98 Å². The highest BCUT2D eigenvalue weighted by Crippen LogP contribution is 2.27. The number of nitrogens with zero attached hydrogens (tertiary/aromatic N) is 4. The number of hydrogen-bond donors (Lipinski definition) is 1. The first-order chi connectivity index (χ1) is 9.47. The highest BCUT2D eigenvalue weighted by molar-refractivity contribution is 5.67. The Bertz CT molecular complexity index is 623. The molecule has 0 bridgehead atoms. The van der Waals surface area contributed by atoms with E-state index in [-0.39, 0.29) is 17.3 Å². The van der Waals surface area contributed by atoms with Crippen LogP contribution in [0.3, 0.4) is 0 Å². The molecule has 2 rings (SSSR count). The highest BCUT2D eigenvalue weighted by atomic mass is 16.6. The van der Waals surface area contributed by atoms with Gasteiger partial charge in [-0.1, -0.05) is 5.16 Å². The molecule has 0 amide bonds. The average molecular weight is 277 g/mol. The smallest absolute Gasteiger partial charge is 0.292 e. The van der Waals surface area contributed by atoms with Gasteiger partial charge in [0.05, 0.1) is 4.92 Å². The third kappa shape index (κ3) is 3.09. The molecular weight excluding hydrogens is 262 g/mol. The molecule has 20 heavy (non-hydrogen) atoms. The molecule has 8 nitrogen and oxygen atoms in total. The maximum absolute atomic E-state index is 10.8. The van der Waals surface area contributed by atoms with Crippen molar-refractivity contribution in [3.63, 3.8) is 0 Å². The maximum atomic E-state index is 10.8. The Balaban J connectivity index is 2.24. The van der Waals surface area contributed by atoms with Gasteiger partial charge in [-0.25, -0.2) is 0 Å². The van der Waals surface area contributed by atoms with Gasteiger partial charge in [0.15, 0.2) is 5.82 Å². The molecular formula is C12H15N5O3. The van der Waals surface area contributed by atoms with E-state index in [0.717, 1.165) is 6.54 Å². The molecule has 2 aromatic rings. The van der Waals surface area contributed by atoms with Gasteiger partial charge in [-0.05, 0) is 26.2 Å². The average Bonchev–Trinajstić information content (AvgIpc) is 2.85. The molecule has 0 fully saturated rings. The number of nitro benzene ring substituents is 1. The zero-order valence-electron chi connectivity index (χ0n) is 11.2. The van der Waals surface area contributed by atoms with Crippen LogP contribution in [0.1, 0.15) is 5.82 Å². The molecule has 0 atom stereocenters. The van der Waals surface area contributed by atoms with Crippen LogP contribution in [0.5, 0.6) is 0 Å². The van der Waals surface area contributed by atoms with E-state index in [4.69, 9.17) is 10.3 Å². The predicted octanol–water partition coefficient (Wildman–Crippen LogP) is 1.33. The van der Waals surface area contributed by atoms with E-state index in [9.17, 15) is 10.1 Å². The van der Waals surface area contributed by atoms with Gasteiger partial charge in [0, 0.05) is 24.6 Å². The van der Waals surface area contributed by atoms with Crippen LogP contribution in [0.15, 0.2) is 22.7 Å². The summed E-state index contributed by atoms with van der Waals surface area (Å²) >= 11 is 0. The standard InChI is InChI=1S/C12H15N5O3/c1-16(2)6-5-11-14-12(20-15-11)8-3-4-9(13)10(7-8)17(18)19/h3-4,7H,5-6,13H2,1-2H3. The zero-order chi connectivity index (χ0) is 14.7. The summed E-state index contributed by atoms with van der Waals surface area (Å²) in [6, 6.07) is 4.40. The number of hydrogen-bond acceptors (Lipinski definition) is 7. The predicted molar refractivity (Wildman–Crippen MR) is 73.1 cm³/mol. The third-order valence-corrected chi connectivity index (χ3v) is 2.72. The Morgan fingerprint density at radius 1 is 1.45 bits per heavy atom. The van der Waals surface area contributed by atoms with Crippen molar-refractivity contribution >= 4 is 11.4 Å². The van der Waals surface area contributed by atoms with Crippen molar-refractivity contribution in [3.05, 3.63) is 34.1 Å². The van der Waals surface area contributed by atoms with Crippen LogP contribution in [0.2, 0.25) is 0 Å². The van der Waals surface area contributed by atoms with E-state index in [2.05, 4.69) is 10.1 Å². The number of anilines is 1. The topological polar surface area (TPSA) is 111 Å². The van der Waals surface area contributed by atoms with Gasteiger partial charge in [0.2, 0.25) is 0 Å². The molecule has 0 saturated carbocycles. The molecule has 0 saturated heterocycles. The maximum Gasteiger partial charge on any atom is 0.292 e. The van der Waals surface area contributed by atoms with Gasteiger partial charge in [0.1, 0.15) is 5.69 Å². The van der Waals surface area contributed by atoms with E-state index in [1.54, 1.807) is 6.07 Å². The summed E-state index contributed by atoms with van der Waals surface area (Å²) in [5, 5.41) is 14.7. The second-order valence-corrected chi connectivity index (χ2v) is 4.60. The van der Waals surface area contributed by atoms with Gasteiger partial charge in [-0.3, -0.25) is 10.1 Å². The molecule has 1 heterocycles. The Hall–Kier alpha value is -2.48. The van der Waals surface area contributed by atoms with Crippen molar-refractivity contribution in [3.8, 4) is 11.5 Å². The monoisotopic (exact) mass is 277 g/mol. The fourth-order valence-corrected chi connectivity index (χ4v) is 1.63. The Kier molecular flexibility index (Phi) is 3.94. The van der Waals surface area contributed by atoms with Gasteiger partial charge in [-0.15, -0.1) is 0 Å². The van der Waals surface area contributed by atoms with Gasteiger partial charge < -0.3 is 15.2 Å². The molecule has 0 spiro atoms. The van der Waals surface area contributed by atoms with E-state index >= 15 is 0 Å². The fourth-order valence-electron chi connectivity index (χ4n) is 1.63. The lowest BCUT2D eigenvalue weighted by Gasteiger charge is -2.05. The molecule has 0 unspecified atom stereocenters. The first-order valence-corrected chi connectivity index (χ1v) is 5.99. The quantitative estimate of drug-likeness (QED) is 0.498. The fraction of sp³-hybridized carbons (Fsp3) is 0.333. The van der Waals surface area contributed by atoms with Crippen LogP contribution in [0.25, 0.3) is 11.5 Å². The summed E-state index contributed by atoms with van der Waals surface area (Å²) in [5.74, 6) is 0.815. The molecule has 0 aliphatic rings. The first kappa shape index (κ1) is 13.9. The molecule has 0 aliphatic carbocycles. The van der Waals surface area contributed by atoms with E-state index in [1.165, 1.54) is 12.1 Å². The van der Waals surface area contributed by atoms with Crippen molar-refractivity contribution in [1.29, 1.82) is 0 Å². The van der Waals surface area contributed by atoms with Crippen molar-refractivity contribution in [2.24, 2.45) is 0 Å². The van der Waals surface area contributed by atoms with Crippen LogP contribution in [-0.4, -0.2) is 40.6 Å². The first-order valence-electron chi connectivity index (χ1n) is 5.99. The second kappa shape index (κ2) is 5.66. The Morgan fingerprint density at radius 3 is 2.85 bits per heavy atom. The molecule has 1 aromatic heterocycles. The van der Waals surface area contributed by atoms with Crippen LogP contribution in [-0.2, 0) is 6.42 Å². The summed E-state index contributed by atoms with van der Waals surface area (Å²) in [4.78, 5) is 16.5. The summed E-state index contributed by atoms with van der Waals surface area (Å²) in [6.07, 6.45) is 0.646. The summed E-state index contributed by atoms with van der Waals surface area (Å²) in [5.41, 5.74) is 5.95. The van der Waals surface area contributed by atoms with E-state index in [1.807, 2.05) is 19.0 Å². The zero-order valence-corrected chi connectivity index (χ0v) is 11.2. The molecule has 8 heteroatoms. The van der Waals surface area contributed by atoms with Crippen LogP contribution in [0, 0.1) is 10.1 Å². The number of benzene rings is 1. The number of nitrogens with two attached hydrogens (primary N) is 1. The van der Waals surface area contributed by atoms with Gasteiger partial charge in [0.25, 0.3) is 11.6 Å². The molecule has 1 aromatic carbocycles. The summed E-state index contributed by atoms with van der Waals surface area (Å²) in [6.45, 7) is 0.793. The van der Waals surface area contributed by atoms with Crippen LogP contribution >= 0.6 is 0 Å². The third-order valence-electron chi connectivity index (χ3n) is 2.72. The van der Waals surface area contributed by atoms with Crippen molar-refractivity contribution < 1.29 is 9.45 Å². The minimum Gasteiger partial charge on any atom is -0.393 e. The lowest BCUT2D eigenvalue weighted by Crippen LogP contribution is -2.15. The van der Waals surface area contributed by atoms with Crippen molar-refractivity contribution in [1.82, 2.24) is 15.0 Å². The largest absolute Gasteiger partial charge is 0.393 e. The van der Waals surface area contributed by atoms with Gasteiger partial charge >= 0.3 is 0 Å². The SMILES string of the molecule is CN(C)CCc1noc(-c2ccc(N)c([N+](=O)[O-])c2)n1. The number of nitro groups is 1. The second-order valence-electron chi connectivity index (χ2n) is 4.60. The molecule has 0 radical (unpaired) electrons. The minimum atomic E-state index is -0.540. The van der Waals surface area contributed by atoms with Crippen LogP contribution in [0.4, 0.5) is 11.4 Å². The number of nitrogen functional groups attached to an aromatic ring is 1. The van der Waals surface area contributed by atoms with Crippen molar-refractivity contribution in [2.45, 2.75) is 6.42 Å². The summed E-state index contributed by atoms with van der Waals surface area (Å²) in [7, 11) is 3.90. The Labute approximate surface area is 115 Å².